The number of aromatic hydroxyl groups is 1. The molecule has 124 valence electrons. The smallest absolute Gasteiger partial charge is 0.264 e. The van der Waals surface area contributed by atoms with Crippen molar-refractivity contribution in [1.29, 1.82) is 0 Å². The first-order chi connectivity index (χ1) is 11.4. The van der Waals surface area contributed by atoms with Crippen molar-refractivity contribution in [2.24, 2.45) is 0 Å². The Balaban J connectivity index is 2.44. The lowest BCUT2D eigenvalue weighted by atomic mass is 10.1. The molecule has 0 aliphatic heterocycles. The van der Waals surface area contributed by atoms with E-state index in [2.05, 4.69) is 15.0 Å². The molecule has 24 heavy (non-hydrogen) atoms. The Hall–Kier alpha value is -2.32. The molecule has 0 fully saturated rings. The van der Waals surface area contributed by atoms with Gasteiger partial charge in [0, 0.05) is 24.2 Å². The highest BCUT2D eigenvalue weighted by Crippen LogP contribution is 2.35. The molecule has 10 heteroatoms. The Morgan fingerprint density at radius 3 is 2.62 bits per heavy atom. The zero-order valence-electron chi connectivity index (χ0n) is 11.8. The minimum Gasteiger partial charge on any atom is -0.505 e. The van der Waals surface area contributed by atoms with E-state index in [0.717, 1.165) is 4.57 Å². The normalized spacial score (nSPS) is 11.4. The zero-order chi connectivity index (χ0) is 17.4. The summed E-state index contributed by atoms with van der Waals surface area (Å²) >= 11 is 11.8. The highest BCUT2D eigenvalue weighted by Gasteiger charge is 2.23. The van der Waals surface area contributed by atoms with E-state index in [4.69, 9.17) is 23.2 Å². The predicted molar refractivity (Wildman–Crippen MR) is 84.7 cm³/mol. The number of nitrogens with zero attached hydrogens (tertiary/aromatic N) is 4. The van der Waals surface area contributed by atoms with Crippen LogP contribution in [-0.2, 0) is 6.54 Å². The molecule has 3 heterocycles. The van der Waals surface area contributed by atoms with Crippen molar-refractivity contribution in [3.05, 3.63) is 45.2 Å². The summed E-state index contributed by atoms with van der Waals surface area (Å²) in [6.07, 6.45) is 0.890. The van der Waals surface area contributed by atoms with Crippen LogP contribution in [0.2, 0.25) is 10.2 Å². The van der Waals surface area contributed by atoms with Crippen LogP contribution >= 0.6 is 23.2 Å². The van der Waals surface area contributed by atoms with Gasteiger partial charge in [-0.15, -0.1) is 0 Å². The molecule has 0 spiro atoms. The summed E-state index contributed by atoms with van der Waals surface area (Å²) in [6, 6.07) is 1.26. The van der Waals surface area contributed by atoms with Crippen molar-refractivity contribution in [3.63, 3.8) is 0 Å². The maximum absolute atomic E-state index is 12.9. The van der Waals surface area contributed by atoms with Gasteiger partial charge in [0.05, 0.1) is 17.1 Å². The first kappa shape index (κ1) is 16.5. The van der Waals surface area contributed by atoms with E-state index < -0.39 is 24.3 Å². The van der Waals surface area contributed by atoms with Crippen molar-refractivity contribution >= 4 is 34.4 Å². The quantitative estimate of drug-likeness (QED) is 0.714. The number of rotatable bonds is 3. The van der Waals surface area contributed by atoms with E-state index in [9.17, 15) is 18.7 Å². The van der Waals surface area contributed by atoms with Crippen LogP contribution in [0.1, 0.15) is 0 Å². The van der Waals surface area contributed by atoms with Crippen LogP contribution in [0.3, 0.4) is 0 Å². The third-order valence-corrected chi connectivity index (χ3v) is 3.77. The topological polar surface area (TPSA) is 80.9 Å². The third-order valence-electron chi connectivity index (χ3n) is 3.27. The molecule has 1 N–H and O–H groups in total. The molecule has 0 bridgehead atoms. The molecule has 6 nitrogen and oxygen atoms in total. The number of pyridine rings is 2. The fourth-order valence-corrected chi connectivity index (χ4v) is 2.66. The number of hydrogen-bond donors (Lipinski definition) is 1. The van der Waals surface area contributed by atoms with Crippen molar-refractivity contribution in [2.45, 2.75) is 13.0 Å². The first-order valence-corrected chi connectivity index (χ1v) is 7.31. The Morgan fingerprint density at radius 2 is 1.92 bits per heavy atom. The molecule has 0 aliphatic carbocycles. The van der Waals surface area contributed by atoms with Gasteiger partial charge in [-0.2, -0.15) is 0 Å². The lowest BCUT2D eigenvalue weighted by molar-refractivity contribution is 0.126. The molecule has 0 radical (unpaired) electrons. The third kappa shape index (κ3) is 2.78. The van der Waals surface area contributed by atoms with Crippen LogP contribution in [0.5, 0.6) is 5.75 Å². The maximum atomic E-state index is 12.9. The summed E-state index contributed by atoms with van der Waals surface area (Å²) in [5.74, 6) is -0.516. The van der Waals surface area contributed by atoms with Crippen molar-refractivity contribution < 1.29 is 13.9 Å². The van der Waals surface area contributed by atoms with E-state index in [-0.39, 0.29) is 32.5 Å². The first-order valence-electron chi connectivity index (χ1n) is 6.56. The molecule has 0 atom stereocenters. The summed E-state index contributed by atoms with van der Waals surface area (Å²) in [4.78, 5) is 24.2. The number of aromatic nitrogens is 4. The second kappa shape index (κ2) is 6.29. The summed E-state index contributed by atoms with van der Waals surface area (Å²) in [7, 11) is 0. The molecule has 3 rings (SSSR count). The zero-order valence-corrected chi connectivity index (χ0v) is 13.3. The molecule has 0 unspecified atom stereocenters. The van der Waals surface area contributed by atoms with Crippen LogP contribution < -0.4 is 5.56 Å². The lowest BCUT2D eigenvalue weighted by Gasteiger charge is -2.14. The monoisotopic (exact) mass is 372 g/mol. The minimum atomic E-state index is -2.80. The largest absolute Gasteiger partial charge is 0.505 e. The van der Waals surface area contributed by atoms with Gasteiger partial charge in [0.1, 0.15) is 10.7 Å². The van der Waals surface area contributed by atoms with Gasteiger partial charge in [0.15, 0.2) is 11.4 Å². The van der Waals surface area contributed by atoms with E-state index in [1.54, 1.807) is 0 Å². The molecular weight excluding hydrogens is 365 g/mol. The molecule has 3 aromatic heterocycles. The Labute approximate surface area is 143 Å². The fraction of sp³-hybridized carbons (Fsp3) is 0.143. The number of hydrogen-bond acceptors (Lipinski definition) is 5. The van der Waals surface area contributed by atoms with Gasteiger partial charge < -0.3 is 5.11 Å². The number of alkyl halides is 2. The van der Waals surface area contributed by atoms with Gasteiger partial charge >= 0.3 is 0 Å². The minimum absolute atomic E-state index is 0.0212. The lowest BCUT2D eigenvalue weighted by Crippen LogP contribution is -2.26. The molecule has 0 aromatic carbocycles. The van der Waals surface area contributed by atoms with Gasteiger partial charge in [-0.05, 0) is 6.07 Å². The average Bonchev–Trinajstić information content (AvgIpc) is 2.54. The Kier molecular flexibility index (Phi) is 4.33. The maximum Gasteiger partial charge on any atom is 0.264 e. The number of halogens is 4. The van der Waals surface area contributed by atoms with Crippen molar-refractivity contribution in [2.75, 3.05) is 0 Å². The number of fused-ring (bicyclic) bond motifs is 1. The molecule has 3 aromatic rings. The van der Waals surface area contributed by atoms with Crippen molar-refractivity contribution in [1.82, 2.24) is 19.5 Å². The Morgan fingerprint density at radius 1 is 1.21 bits per heavy atom. The van der Waals surface area contributed by atoms with Crippen LogP contribution in [0, 0.1) is 0 Å². The molecular formula is C14H8Cl2F2N4O2. The Bertz CT molecular complexity index is 994. The van der Waals surface area contributed by atoms with Crippen LogP contribution in [-0.4, -0.2) is 31.1 Å². The SMILES string of the molecule is O=c1c(-c2cc(Cl)ncc2Cl)c(O)c2nccnc2n1CC(F)F. The van der Waals surface area contributed by atoms with Gasteiger partial charge in [-0.25, -0.2) is 23.7 Å². The highest BCUT2D eigenvalue weighted by atomic mass is 35.5. The van der Waals surface area contributed by atoms with E-state index >= 15 is 0 Å². The van der Waals surface area contributed by atoms with Gasteiger partial charge in [-0.3, -0.25) is 9.36 Å². The second-order valence-corrected chi connectivity index (χ2v) is 5.54. The second-order valence-electron chi connectivity index (χ2n) is 4.75. The fourth-order valence-electron chi connectivity index (χ4n) is 2.30. The summed E-state index contributed by atoms with van der Waals surface area (Å²) in [5, 5.41) is 10.5. The van der Waals surface area contributed by atoms with Crippen molar-refractivity contribution in [3.8, 4) is 16.9 Å². The van der Waals surface area contributed by atoms with E-state index in [1.807, 2.05) is 0 Å². The van der Waals surface area contributed by atoms with Crippen LogP contribution in [0.4, 0.5) is 8.78 Å². The van der Waals surface area contributed by atoms with Gasteiger partial charge in [0.25, 0.3) is 12.0 Å². The molecule has 0 aliphatic rings. The van der Waals surface area contributed by atoms with Crippen LogP contribution in [0.15, 0.2) is 29.5 Å². The predicted octanol–water partition coefficient (Wildman–Crippen LogP) is 3.13. The van der Waals surface area contributed by atoms with E-state index in [0.29, 0.717) is 0 Å². The molecule has 0 amide bonds. The molecule has 0 saturated carbocycles. The standard InChI is InChI=1S/C14H8Cl2F2N4O2/c15-7-4-21-8(16)3-6(7)10-12(23)11-13(20-2-1-19-11)22(14(10)24)5-9(17)18/h1-4,9,23H,5H2. The highest BCUT2D eigenvalue weighted by molar-refractivity contribution is 6.34. The summed E-state index contributed by atoms with van der Waals surface area (Å²) < 4.78 is 26.5. The van der Waals surface area contributed by atoms with Gasteiger partial charge in [0.2, 0.25) is 0 Å². The van der Waals surface area contributed by atoms with Gasteiger partial charge in [-0.1, -0.05) is 23.2 Å². The molecule has 0 saturated heterocycles. The van der Waals surface area contributed by atoms with E-state index in [1.165, 1.54) is 24.7 Å². The summed E-state index contributed by atoms with van der Waals surface area (Å²) in [6.45, 7) is -0.905. The summed E-state index contributed by atoms with van der Waals surface area (Å²) in [5.41, 5.74) is -1.37. The average molecular weight is 373 g/mol. The van der Waals surface area contributed by atoms with Crippen LogP contribution in [0.25, 0.3) is 22.3 Å².